The summed E-state index contributed by atoms with van der Waals surface area (Å²) >= 11 is 6.09. The second kappa shape index (κ2) is 10.2. The molecule has 2 aromatic carbocycles. The van der Waals surface area contributed by atoms with Crippen LogP contribution in [0.1, 0.15) is 26.7 Å². The van der Waals surface area contributed by atoms with Crippen LogP contribution in [0.15, 0.2) is 65.8 Å². The van der Waals surface area contributed by atoms with Gasteiger partial charge in [-0.05, 0) is 73.9 Å². The normalized spacial score (nSPS) is 22.9. The molecule has 3 saturated heterocycles. The molecule has 12 heteroatoms. The number of nitrogens with zero attached hydrogens (tertiary/aromatic N) is 4. The number of ether oxygens (including phenoxy) is 2. The van der Waals surface area contributed by atoms with E-state index in [1.165, 1.54) is 11.0 Å². The molecule has 6 rings (SSSR count). The summed E-state index contributed by atoms with van der Waals surface area (Å²) in [5.74, 6) is -1.26. The summed E-state index contributed by atoms with van der Waals surface area (Å²) in [4.78, 5) is 35.0. The number of fused-ring (bicyclic) bond motifs is 2. The fourth-order valence-electron chi connectivity index (χ4n) is 5.98. The Hall–Kier alpha value is -3.25. The van der Waals surface area contributed by atoms with Gasteiger partial charge in [-0.25, -0.2) is 13.2 Å². The van der Waals surface area contributed by atoms with Crippen molar-refractivity contribution in [3.63, 3.8) is 0 Å². The van der Waals surface area contributed by atoms with Gasteiger partial charge in [-0.1, -0.05) is 23.7 Å². The Morgan fingerprint density at radius 3 is 2.41 bits per heavy atom. The van der Waals surface area contributed by atoms with Crippen LogP contribution in [0.2, 0.25) is 5.02 Å². The number of anilines is 1. The lowest BCUT2D eigenvalue weighted by atomic mass is 9.91. The smallest absolute Gasteiger partial charge is 0.361 e. The Kier molecular flexibility index (Phi) is 6.96. The molecule has 0 bridgehead atoms. The quantitative estimate of drug-likeness (QED) is 0.411. The number of carbonyl (C=O) groups excluding carboxylic acids is 2. The maximum atomic E-state index is 13.9. The SMILES string of the molecule is CC(C)OC(=O)C12CN(S(=O)(=O)c3ccc4cc(Cl)ccc4c3)CC(=O)N1CC1(CCN(c3ccncc3)CC1)O2. The summed E-state index contributed by atoms with van der Waals surface area (Å²) in [6.45, 7) is 4.12. The van der Waals surface area contributed by atoms with Gasteiger partial charge >= 0.3 is 5.97 Å². The second-order valence-corrected chi connectivity index (χ2v) is 13.5. The van der Waals surface area contributed by atoms with E-state index in [4.69, 9.17) is 21.1 Å². The van der Waals surface area contributed by atoms with E-state index < -0.39 is 45.9 Å². The molecule has 3 aliphatic rings. The van der Waals surface area contributed by atoms with Gasteiger partial charge in [0.05, 0.1) is 36.2 Å². The van der Waals surface area contributed by atoms with E-state index in [0.717, 1.165) is 15.4 Å². The van der Waals surface area contributed by atoms with Crippen LogP contribution < -0.4 is 4.90 Å². The number of esters is 1. The number of hydrogen-bond donors (Lipinski definition) is 0. The van der Waals surface area contributed by atoms with Crippen molar-refractivity contribution in [2.75, 3.05) is 37.6 Å². The van der Waals surface area contributed by atoms with Crippen molar-refractivity contribution in [1.82, 2.24) is 14.2 Å². The van der Waals surface area contributed by atoms with E-state index in [2.05, 4.69) is 9.88 Å². The van der Waals surface area contributed by atoms with Gasteiger partial charge in [-0.3, -0.25) is 14.7 Å². The molecular weight excluding hydrogens is 568 g/mol. The first-order chi connectivity index (χ1) is 19.5. The minimum Gasteiger partial charge on any atom is -0.459 e. The average molecular weight is 599 g/mol. The van der Waals surface area contributed by atoms with Crippen LogP contribution in [-0.4, -0.2) is 84.6 Å². The molecule has 1 amide bonds. The number of benzene rings is 2. The number of rotatable bonds is 5. The lowest BCUT2D eigenvalue weighted by Gasteiger charge is -2.43. The first kappa shape index (κ1) is 27.9. The Labute approximate surface area is 243 Å². The first-order valence-electron chi connectivity index (χ1n) is 13.6. The number of halogens is 1. The minimum absolute atomic E-state index is 0.0133. The zero-order valence-corrected chi connectivity index (χ0v) is 24.4. The highest BCUT2D eigenvalue weighted by molar-refractivity contribution is 7.89. The molecule has 41 heavy (non-hydrogen) atoms. The lowest BCUT2D eigenvalue weighted by molar-refractivity contribution is -0.210. The van der Waals surface area contributed by atoms with Crippen LogP contribution in [0.25, 0.3) is 10.8 Å². The molecule has 0 N–H and O–H groups in total. The third-order valence-corrected chi connectivity index (χ3v) is 10.1. The summed E-state index contributed by atoms with van der Waals surface area (Å²) in [6, 6.07) is 13.7. The summed E-state index contributed by atoms with van der Waals surface area (Å²) in [6.07, 6.45) is 4.09. The van der Waals surface area contributed by atoms with Crippen molar-refractivity contribution in [2.24, 2.45) is 0 Å². The molecule has 216 valence electrons. The fourth-order valence-corrected chi connectivity index (χ4v) is 7.60. The highest BCUT2D eigenvalue weighted by Crippen LogP contribution is 2.45. The van der Waals surface area contributed by atoms with Gasteiger partial charge in [0.2, 0.25) is 15.9 Å². The van der Waals surface area contributed by atoms with Crippen molar-refractivity contribution in [3.8, 4) is 0 Å². The number of hydrogen-bond acceptors (Lipinski definition) is 8. The molecule has 0 aliphatic carbocycles. The van der Waals surface area contributed by atoms with E-state index in [1.807, 2.05) is 12.1 Å². The van der Waals surface area contributed by atoms with Crippen LogP contribution in [0.4, 0.5) is 5.69 Å². The van der Waals surface area contributed by atoms with Crippen molar-refractivity contribution in [2.45, 2.75) is 49.0 Å². The zero-order valence-electron chi connectivity index (χ0n) is 22.8. The maximum absolute atomic E-state index is 13.9. The fraction of sp³-hybridized carbons (Fsp3) is 0.414. The van der Waals surface area contributed by atoms with E-state index in [-0.39, 0.29) is 18.0 Å². The van der Waals surface area contributed by atoms with E-state index in [1.54, 1.807) is 56.6 Å². The summed E-state index contributed by atoms with van der Waals surface area (Å²) < 4.78 is 41.0. The van der Waals surface area contributed by atoms with Crippen molar-refractivity contribution < 1.29 is 27.5 Å². The highest BCUT2D eigenvalue weighted by atomic mass is 35.5. The zero-order chi connectivity index (χ0) is 29.0. The predicted molar refractivity (Wildman–Crippen MR) is 153 cm³/mol. The molecule has 1 spiro atoms. The number of piperidine rings is 1. The molecule has 0 saturated carbocycles. The summed E-state index contributed by atoms with van der Waals surface area (Å²) in [5.41, 5.74) is -1.65. The molecular formula is C29H31ClN4O6S. The standard InChI is InChI=1S/C29H31ClN4O6S/c1-20(2)39-27(36)29-19-33(41(37,38)25-6-4-21-15-23(30)5-3-22(21)16-25)17-26(35)34(29)18-28(40-29)9-13-32(14-10-28)24-7-11-31-12-8-24/h3-8,11-12,15-16,20H,9-10,13-14,17-19H2,1-2H3. The molecule has 0 radical (unpaired) electrons. The van der Waals surface area contributed by atoms with E-state index >= 15 is 0 Å². The lowest BCUT2D eigenvalue weighted by Crippen LogP contribution is -2.67. The molecule has 3 fully saturated rings. The van der Waals surface area contributed by atoms with Crippen LogP contribution in [0.5, 0.6) is 0 Å². The molecule has 1 aromatic heterocycles. The van der Waals surface area contributed by atoms with Gasteiger partial charge in [0, 0.05) is 36.2 Å². The van der Waals surface area contributed by atoms with Crippen LogP contribution in [-0.2, 0) is 29.1 Å². The number of sulfonamides is 1. The highest BCUT2D eigenvalue weighted by Gasteiger charge is 2.65. The summed E-state index contributed by atoms with van der Waals surface area (Å²) in [7, 11) is -4.17. The van der Waals surface area contributed by atoms with Gasteiger partial charge in [0.25, 0.3) is 5.72 Å². The molecule has 3 aromatic rings. The Bertz CT molecular complexity index is 1610. The molecule has 3 aliphatic heterocycles. The number of pyridine rings is 1. The van der Waals surface area contributed by atoms with Crippen molar-refractivity contribution in [3.05, 3.63) is 65.9 Å². The molecule has 1 unspecified atom stereocenters. The Morgan fingerprint density at radius 2 is 1.71 bits per heavy atom. The van der Waals surface area contributed by atoms with Crippen molar-refractivity contribution >= 4 is 50.0 Å². The topological polar surface area (TPSA) is 109 Å². The van der Waals surface area contributed by atoms with E-state index in [9.17, 15) is 18.0 Å². The maximum Gasteiger partial charge on any atom is 0.361 e. The van der Waals surface area contributed by atoms with Gasteiger partial charge in [0.1, 0.15) is 0 Å². The largest absolute Gasteiger partial charge is 0.459 e. The first-order valence-corrected chi connectivity index (χ1v) is 15.4. The second-order valence-electron chi connectivity index (χ2n) is 11.1. The van der Waals surface area contributed by atoms with Crippen LogP contribution in [0.3, 0.4) is 0 Å². The Balaban J connectivity index is 1.32. The third-order valence-electron chi connectivity index (χ3n) is 8.05. The predicted octanol–water partition coefficient (Wildman–Crippen LogP) is 3.44. The molecule has 10 nitrogen and oxygen atoms in total. The minimum atomic E-state index is -4.17. The van der Waals surface area contributed by atoms with Gasteiger partial charge in [0.15, 0.2) is 0 Å². The number of carbonyl (C=O) groups is 2. The van der Waals surface area contributed by atoms with Crippen LogP contribution >= 0.6 is 11.6 Å². The van der Waals surface area contributed by atoms with Gasteiger partial charge in [-0.15, -0.1) is 0 Å². The summed E-state index contributed by atoms with van der Waals surface area (Å²) in [5, 5.41) is 2.01. The van der Waals surface area contributed by atoms with Gasteiger partial charge in [-0.2, -0.15) is 4.31 Å². The molecule has 4 heterocycles. The monoisotopic (exact) mass is 598 g/mol. The number of piperazine rings is 1. The van der Waals surface area contributed by atoms with Crippen molar-refractivity contribution in [1.29, 1.82) is 0 Å². The van der Waals surface area contributed by atoms with Crippen LogP contribution in [0, 0.1) is 0 Å². The third kappa shape index (κ3) is 4.94. The molecule has 1 atom stereocenters. The average Bonchev–Trinajstić information content (AvgIpc) is 3.28. The van der Waals surface area contributed by atoms with Gasteiger partial charge < -0.3 is 14.4 Å². The van der Waals surface area contributed by atoms with E-state index in [0.29, 0.717) is 36.3 Å². The number of aromatic nitrogens is 1. The Morgan fingerprint density at radius 1 is 1.02 bits per heavy atom. The number of amides is 1.